The van der Waals surface area contributed by atoms with Crippen molar-refractivity contribution < 1.29 is 0 Å². The zero-order valence-corrected chi connectivity index (χ0v) is 22.1. The zero-order chi connectivity index (χ0) is 22.9. The van der Waals surface area contributed by atoms with Gasteiger partial charge in [-0.05, 0) is 61.8 Å². The quantitative estimate of drug-likeness (QED) is 0.118. The molecular weight excluding hydrogens is 436 g/mol. The van der Waals surface area contributed by atoms with Gasteiger partial charge >= 0.3 is 0 Å². The number of unbranched alkanes of at least 4 members (excludes halogenated alkanes) is 10. The van der Waals surface area contributed by atoms with Crippen molar-refractivity contribution in [2.24, 2.45) is 0 Å². The molecule has 0 atom stereocenters. The summed E-state index contributed by atoms with van der Waals surface area (Å²) in [4.78, 5) is 0. The van der Waals surface area contributed by atoms with E-state index in [0.717, 1.165) is 0 Å². The van der Waals surface area contributed by atoms with Crippen molar-refractivity contribution in [3.8, 4) is 0 Å². The smallest absolute Gasteiger partial charge is 0.0542 e. The van der Waals surface area contributed by atoms with Gasteiger partial charge in [-0.3, -0.25) is 0 Å². The van der Waals surface area contributed by atoms with Gasteiger partial charge < -0.3 is 0 Å². The maximum Gasteiger partial charge on any atom is 0.0542 e. The van der Waals surface area contributed by atoms with Crippen LogP contribution >= 0.6 is 22.7 Å². The first-order valence-corrected chi connectivity index (χ1v) is 14.9. The highest BCUT2D eigenvalue weighted by Gasteiger charge is 2.13. The van der Waals surface area contributed by atoms with E-state index in [2.05, 4.69) is 49.9 Å². The first-order chi connectivity index (χ1) is 16.3. The van der Waals surface area contributed by atoms with Gasteiger partial charge in [0, 0.05) is 20.2 Å². The van der Waals surface area contributed by atoms with Crippen molar-refractivity contribution in [1.82, 2.24) is 0 Å². The van der Waals surface area contributed by atoms with Gasteiger partial charge in [-0.1, -0.05) is 88.6 Å². The van der Waals surface area contributed by atoms with Crippen LogP contribution in [0.4, 0.5) is 0 Å². The third kappa shape index (κ3) is 6.49. The van der Waals surface area contributed by atoms with Crippen molar-refractivity contribution in [2.45, 2.75) is 96.8 Å². The van der Waals surface area contributed by atoms with Gasteiger partial charge in [0.25, 0.3) is 0 Å². The Balaban J connectivity index is 1.34. The summed E-state index contributed by atoms with van der Waals surface area (Å²) in [7, 11) is 0. The summed E-state index contributed by atoms with van der Waals surface area (Å²) in [5, 5.41) is 2.92. The lowest BCUT2D eigenvalue weighted by Crippen LogP contribution is -1.86. The highest BCUT2D eigenvalue weighted by Crippen LogP contribution is 2.44. The molecule has 4 rings (SSSR count). The summed E-state index contributed by atoms with van der Waals surface area (Å²) >= 11 is 4.00. The van der Waals surface area contributed by atoms with Crippen LogP contribution in [-0.2, 0) is 12.8 Å². The van der Waals surface area contributed by atoms with Crippen LogP contribution in [-0.4, -0.2) is 0 Å². The lowest BCUT2D eigenvalue weighted by molar-refractivity contribution is 0.581. The number of hydrogen-bond donors (Lipinski definition) is 0. The minimum Gasteiger partial charge on any atom is -0.134 e. The van der Waals surface area contributed by atoms with E-state index in [1.807, 2.05) is 28.7 Å². The van der Waals surface area contributed by atoms with Crippen LogP contribution in [0, 0.1) is 0 Å². The average Bonchev–Trinajstić information content (AvgIpc) is 3.36. The number of thiophene rings is 2. The van der Waals surface area contributed by atoms with Crippen molar-refractivity contribution in [1.29, 1.82) is 0 Å². The molecule has 0 aliphatic heterocycles. The van der Waals surface area contributed by atoms with Gasteiger partial charge in [-0.15, -0.1) is 29.3 Å². The van der Waals surface area contributed by atoms with E-state index in [1.165, 1.54) is 131 Å². The van der Waals surface area contributed by atoms with Crippen LogP contribution in [0.25, 0.3) is 29.6 Å². The maximum atomic E-state index is 3.81. The Bertz CT molecular complexity index is 1160. The lowest BCUT2D eigenvalue weighted by Gasteiger charge is -2.03. The van der Waals surface area contributed by atoms with Gasteiger partial charge in [0.15, 0.2) is 0 Å². The fourth-order valence-electron chi connectivity index (χ4n) is 4.91. The van der Waals surface area contributed by atoms with Crippen LogP contribution in [0.2, 0.25) is 0 Å². The fraction of sp³-hybridized carbons (Fsp3) is 0.484. The molecule has 0 radical (unpaired) electrons. The molecule has 33 heavy (non-hydrogen) atoms. The van der Waals surface area contributed by atoms with Gasteiger partial charge in [0.1, 0.15) is 0 Å². The van der Waals surface area contributed by atoms with E-state index in [0.29, 0.717) is 0 Å². The Labute approximate surface area is 208 Å². The predicted octanol–water partition coefficient (Wildman–Crippen LogP) is 11.2. The number of allylic oxidation sites excluding steroid dienone is 1. The van der Waals surface area contributed by atoms with Crippen molar-refractivity contribution in [2.75, 3.05) is 0 Å². The molecule has 0 aliphatic rings. The summed E-state index contributed by atoms with van der Waals surface area (Å²) < 4.78 is 5.94. The number of hydrogen-bond acceptors (Lipinski definition) is 2. The Morgan fingerprint density at radius 1 is 0.636 bits per heavy atom. The fourth-order valence-corrected chi connectivity index (χ4v) is 7.69. The van der Waals surface area contributed by atoms with Crippen LogP contribution in [0.1, 0.15) is 95.1 Å². The number of rotatable bonds is 15. The van der Waals surface area contributed by atoms with Crippen molar-refractivity contribution >= 4 is 52.2 Å². The standard InChI is InChI=1S/C31H40S2/c1-3-5-7-9-10-11-12-13-15-17-25-19-21-27-29(23-25)33-30-26-20-18-24(16-14-8-6-4-2)22-28(26)32-31(27)30/h3,18-23H,1,4-17H2,2H3. The van der Waals surface area contributed by atoms with Gasteiger partial charge in [-0.25, -0.2) is 0 Å². The molecule has 0 spiro atoms. The molecule has 0 bridgehead atoms. The van der Waals surface area contributed by atoms with E-state index in [1.54, 1.807) is 0 Å². The second-order valence-corrected chi connectivity index (χ2v) is 11.7. The number of benzene rings is 2. The SMILES string of the molecule is C=CCCCCCCCCCc1ccc2c(c1)sc1c3ccc(CCCCCC)cc3sc21. The summed E-state index contributed by atoms with van der Waals surface area (Å²) in [6.45, 7) is 6.09. The molecule has 0 fully saturated rings. The average molecular weight is 477 g/mol. The molecule has 0 N–H and O–H groups in total. The van der Waals surface area contributed by atoms with E-state index >= 15 is 0 Å². The van der Waals surface area contributed by atoms with Crippen LogP contribution in [0.15, 0.2) is 49.1 Å². The third-order valence-electron chi connectivity index (χ3n) is 6.90. The Morgan fingerprint density at radius 2 is 1.12 bits per heavy atom. The second kappa shape index (κ2) is 12.7. The van der Waals surface area contributed by atoms with E-state index in [9.17, 15) is 0 Å². The molecular formula is C31H40S2. The third-order valence-corrected chi connectivity index (χ3v) is 9.41. The molecule has 176 valence electrons. The van der Waals surface area contributed by atoms with E-state index < -0.39 is 0 Å². The number of aryl methyl sites for hydroxylation is 2. The molecule has 0 saturated heterocycles. The van der Waals surface area contributed by atoms with Gasteiger partial charge in [-0.2, -0.15) is 0 Å². The molecule has 0 unspecified atom stereocenters. The first-order valence-electron chi connectivity index (χ1n) is 13.3. The minimum absolute atomic E-state index is 1.18. The summed E-state index contributed by atoms with van der Waals surface area (Å²) in [5.74, 6) is 0. The van der Waals surface area contributed by atoms with Crippen LogP contribution in [0.3, 0.4) is 0 Å². The Morgan fingerprint density at radius 3 is 1.64 bits per heavy atom. The normalized spacial score (nSPS) is 11.8. The van der Waals surface area contributed by atoms with Crippen molar-refractivity contribution in [3.05, 3.63) is 60.2 Å². The van der Waals surface area contributed by atoms with Crippen LogP contribution in [0.5, 0.6) is 0 Å². The van der Waals surface area contributed by atoms with Crippen LogP contribution < -0.4 is 0 Å². The highest BCUT2D eigenvalue weighted by molar-refractivity contribution is 7.36. The van der Waals surface area contributed by atoms with E-state index in [-0.39, 0.29) is 0 Å². The largest absolute Gasteiger partial charge is 0.134 e. The molecule has 2 heteroatoms. The maximum absolute atomic E-state index is 3.81. The molecule has 0 aliphatic carbocycles. The predicted molar refractivity (Wildman–Crippen MR) is 153 cm³/mol. The molecule has 2 aromatic carbocycles. The second-order valence-electron chi connectivity index (χ2n) is 9.64. The molecule has 4 aromatic rings. The lowest BCUT2D eigenvalue weighted by atomic mass is 10.0. The molecule has 0 amide bonds. The monoisotopic (exact) mass is 476 g/mol. The molecule has 2 aromatic heterocycles. The molecule has 2 heterocycles. The summed E-state index contributed by atoms with van der Waals surface area (Å²) in [5.41, 5.74) is 3.02. The highest BCUT2D eigenvalue weighted by atomic mass is 32.1. The van der Waals surface area contributed by atoms with Gasteiger partial charge in [0.2, 0.25) is 0 Å². The topological polar surface area (TPSA) is 0 Å². The number of fused-ring (bicyclic) bond motifs is 5. The van der Waals surface area contributed by atoms with Crippen molar-refractivity contribution in [3.63, 3.8) is 0 Å². The first kappa shape index (κ1) is 24.5. The minimum atomic E-state index is 1.18. The van der Waals surface area contributed by atoms with Gasteiger partial charge in [0.05, 0.1) is 9.40 Å². The zero-order valence-electron chi connectivity index (χ0n) is 20.5. The Kier molecular flexibility index (Phi) is 9.44. The summed E-state index contributed by atoms with van der Waals surface area (Å²) in [6.07, 6.45) is 20.6. The summed E-state index contributed by atoms with van der Waals surface area (Å²) in [6, 6.07) is 14.5. The molecule has 0 saturated carbocycles. The van der Waals surface area contributed by atoms with E-state index in [4.69, 9.17) is 0 Å². The Hall–Kier alpha value is -1.64. The molecule has 0 nitrogen and oxygen atoms in total.